The van der Waals surface area contributed by atoms with Crippen molar-refractivity contribution >= 4 is 10.2 Å². The molecule has 16 heavy (non-hydrogen) atoms. The van der Waals surface area contributed by atoms with E-state index in [1.807, 2.05) is 13.8 Å². The van der Waals surface area contributed by atoms with Crippen LogP contribution in [-0.2, 0) is 10.2 Å². The van der Waals surface area contributed by atoms with Gasteiger partial charge in [0.15, 0.2) is 0 Å². The fourth-order valence-electron chi connectivity index (χ4n) is 2.93. The molecule has 0 aliphatic carbocycles. The van der Waals surface area contributed by atoms with E-state index in [0.717, 1.165) is 25.7 Å². The Labute approximate surface area is 97.6 Å². The fraction of sp³-hybridized carbons (Fsp3) is 1.00. The van der Waals surface area contributed by atoms with Crippen LogP contribution >= 0.6 is 0 Å². The number of nitrogens with zero attached hydrogens (tertiary/aromatic N) is 1. The van der Waals surface area contributed by atoms with Crippen LogP contribution in [0.1, 0.15) is 39.5 Å². The maximum atomic E-state index is 12.1. The highest BCUT2D eigenvalue weighted by Gasteiger charge is 2.45. The second-order valence-corrected chi connectivity index (χ2v) is 6.83. The van der Waals surface area contributed by atoms with Crippen molar-refractivity contribution in [2.45, 2.75) is 63.7 Å². The van der Waals surface area contributed by atoms with E-state index in [0.29, 0.717) is 0 Å². The Balaban J connectivity index is 2.17. The first-order valence-electron chi connectivity index (χ1n) is 5.96. The lowest BCUT2D eigenvalue weighted by atomic mass is 10.0. The summed E-state index contributed by atoms with van der Waals surface area (Å²) in [6, 6.07) is 0.345. The molecular weight excluding hydrogens is 226 g/mol. The van der Waals surface area contributed by atoms with Crippen LogP contribution in [-0.4, -0.2) is 36.9 Å². The molecule has 0 aromatic carbocycles. The van der Waals surface area contributed by atoms with Crippen molar-refractivity contribution in [3.05, 3.63) is 0 Å². The van der Waals surface area contributed by atoms with Gasteiger partial charge < -0.3 is 5.73 Å². The monoisotopic (exact) mass is 247 g/mol. The average molecular weight is 247 g/mol. The lowest BCUT2D eigenvalue weighted by molar-refractivity contribution is 0.224. The molecule has 2 atom stereocenters. The van der Waals surface area contributed by atoms with Gasteiger partial charge in [-0.1, -0.05) is 0 Å². The summed E-state index contributed by atoms with van der Waals surface area (Å²) in [6.45, 7) is 3.68. The van der Waals surface area contributed by atoms with E-state index in [2.05, 4.69) is 4.72 Å². The topological polar surface area (TPSA) is 75.4 Å². The summed E-state index contributed by atoms with van der Waals surface area (Å²) in [6.07, 6.45) is 3.51. The summed E-state index contributed by atoms with van der Waals surface area (Å²) >= 11 is 0. The number of hydrogen-bond donors (Lipinski definition) is 2. The number of nitrogens with two attached hydrogens (primary N) is 1. The summed E-state index contributed by atoms with van der Waals surface area (Å²) in [5, 5.41) is 0. The third-order valence-electron chi connectivity index (χ3n) is 3.36. The van der Waals surface area contributed by atoms with Gasteiger partial charge in [0.1, 0.15) is 0 Å². The van der Waals surface area contributed by atoms with Gasteiger partial charge in [-0.2, -0.15) is 17.4 Å². The minimum absolute atomic E-state index is 0.0556. The number of rotatable bonds is 3. The Hall–Kier alpha value is -0.170. The first-order valence-corrected chi connectivity index (χ1v) is 7.40. The highest BCUT2D eigenvalue weighted by atomic mass is 32.2. The molecule has 2 aliphatic heterocycles. The molecule has 3 N–H and O–H groups in total. The van der Waals surface area contributed by atoms with Crippen molar-refractivity contribution in [2.24, 2.45) is 5.73 Å². The molecule has 0 spiro atoms. The van der Waals surface area contributed by atoms with Crippen molar-refractivity contribution in [3.8, 4) is 0 Å². The molecule has 2 fully saturated rings. The van der Waals surface area contributed by atoms with Gasteiger partial charge in [-0.25, -0.2) is 0 Å². The number of fused-ring (bicyclic) bond motifs is 2. The fourth-order valence-corrected chi connectivity index (χ4v) is 4.81. The van der Waals surface area contributed by atoms with Gasteiger partial charge in [-0.15, -0.1) is 0 Å². The van der Waals surface area contributed by atoms with Crippen molar-refractivity contribution in [1.82, 2.24) is 9.03 Å². The van der Waals surface area contributed by atoms with Crippen LogP contribution in [0, 0.1) is 0 Å². The molecule has 0 radical (unpaired) electrons. The number of nitrogens with one attached hydrogen (secondary N) is 1. The highest BCUT2D eigenvalue weighted by molar-refractivity contribution is 7.87. The van der Waals surface area contributed by atoms with Crippen LogP contribution in [0.15, 0.2) is 0 Å². The van der Waals surface area contributed by atoms with E-state index in [1.54, 1.807) is 4.31 Å². The normalized spacial score (nSPS) is 35.9. The molecule has 2 bridgehead atoms. The number of hydrogen-bond acceptors (Lipinski definition) is 3. The standard InChI is InChI=1S/C10H21N3O2S/c1-7(2)12-16(14,15)13-9-3-4-10(13)6-8(11)5-9/h7-10,12H,3-6,11H2,1-2H3. The summed E-state index contributed by atoms with van der Waals surface area (Å²) in [4.78, 5) is 0. The van der Waals surface area contributed by atoms with E-state index < -0.39 is 10.2 Å². The van der Waals surface area contributed by atoms with Gasteiger partial charge in [0, 0.05) is 24.2 Å². The Bertz CT molecular complexity index is 341. The Morgan fingerprint density at radius 3 is 2.19 bits per heavy atom. The maximum Gasteiger partial charge on any atom is 0.280 e. The summed E-state index contributed by atoms with van der Waals surface area (Å²) in [7, 11) is -3.31. The Kier molecular flexibility index (Phi) is 3.27. The molecule has 2 unspecified atom stereocenters. The van der Waals surface area contributed by atoms with Crippen molar-refractivity contribution in [1.29, 1.82) is 0 Å². The largest absolute Gasteiger partial charge is 0.328 e. The minimum Gasteiger partial charge on any atom is -0.328 e. The van der Waals surface area contributed by atoms with Crippen LogP contribution in [0.3, 0.4) is 0 Å². The van der Waals surface area contributed by atoms with Gasteiger partial charge >= 0.3 is 0 Å². The Morgan fingerprint density at radius 2 is 1.75 bits per heavy atom. The molecule has 2 heterocycles. The molecule has 0 amide bonds. The van der Waals surface area contributed by atoms with Crippen LogP contribution in [0.25, 0.3) is 0 Å². The SMILES string of the molecule is CC(C)NS(=O)(=O)N1C2CCC1CC(N)C2. The molecule has 2 rings (SSSR count). The summed E-state index contributed by atoms with van der Waals surface area (Å²) < 4.78 is 28.6. The van der Waals surface area contributed by atoms with Gasteiger partial charge in [0.2, 0.25) is 0 Å². The smallest absolute Gasteiger partial charge is 0.280 e. The quantitative estimate of drug-likeness (QED) is 0.747. The van der Waals surface area contributed by atoms with Crippen LogP contribution in [0.2, 0.25) is 0 Å². The zero-order valence-electron chi connectivity index (χ0n) is 9.89. The van der Waals surface area contributed by atoms with Gasteiger partial charge in [0.05, 0.1) is 0 Å². The Morgan fingerprint density at radius 1 is 1.25 bits per heavy atom. The van der Waals surface area contributed by atoms with Gasteiger partial charge in [-0.3, -0.25) is 0 Å². The highest BCUT2D eigenvalue weighted by Crippen LogP contribution is 2.36. The maximum absolute atomic E-state index is 12.1. The van der Waals surface area contributed by atoms with Gasteiger partial charge in [-0.05, 0) is 39.5 Å². The molecule has 0 aromatic rings. The first kappa shape index (κ1) is 12.3. The predicted octanol–water partition coefficient (Wildman–Crippen LogP) is 0.183. The molecule has 0 saturated carbocycles. The van der Waals surface area contributed by atoms with E-state index >= 15 is 0 Å². The van der Waals surface area contributed by atoms with E-state index in [-0.39, 0.29) is 24.2 Å². The van der Waals surface area contributed by atoms with Crippen molar-refractivity contribution < 1.29 is 8.42 Å². The minimum atomic E-state index is -3.31. The average Bonchev–Trinajstić information content (AvgIpc) is 2.38. The van der Waals surface area contributed by atoms with Crippen LogP contribution in [0.5, 0.6) is 0 Å². The van der Waals surface area contributed by atoms with Crippen molar-refractivity contribution in [2.75, 3.05) is 0 Å². The zero-order valence-corrected chi connectivity index (χ0v) is 10.7. The zero-order chi connectivity index (χ0) is 11.9. The number of piperidine rings is 1. The molecule has 94 valence electrons. The predicted molar refractivity (Wildman–Crippen MR) is 63.0 cm³/mol. The molecule has 2 saturated heterocycles. The second-order valence-electron chi connectivity index (χ2n) is 5.22. The third-order valence-corrected chi connectivity index (χ3v) is 5.29. The van der Waals surface area contributed by atoms with Crippen LogP contribution < -0.4 is 10.5 Å². The first-order chi connectivity index (χ1) is 7.40. The van der Waals surface area contributed by atoms with E-state index in [9.17, 15) is 8.42 Å². The molecule has 6 heteroatoms. The lowest BCUT2D eigenvalue weighted by Gasteiger charge is -2.36. The lowest BCUT2D eigenvalue weighted by Crippen LogP contribution is -2.54. The molecule has 2 aliphatic rings. The van der Waals surface area contributed by atoms with E-state index in [1.165, 1.54) is 0 Å². The second kappa shape index (κ2) is 4.25. The third kappa shape index (κ3) is 2.25. The van der Waals surface area contributed by atoms with Crippen molar-refractivity contribution in [3.63, 3.8) is 0 Å². The molecular formula is C10H21N3O2S. The van der Waals surface area contributed by atoms with Crippen LogP contribution in [0.4, 0.5) is 0 Å². The molecule has 0 aromatic heterocycles. The molecule has 5 nitrogen and oxygen atoms in total. The van der Waals surface area contributed by atoms with E-state index in [4.69, 9.17) is 5.73 Å². The summed E-state index contributed by atoms with van der Waals surface area (Å²) in [5.74, 6) is 0. The van der Waals surface area contributed by atoms with Gasteiger partial charge in [0.25, 0.3) is 10.2 Å². The summed E-state index contributed by atoms with van der Waals surface area (Å²) in [5.41, 5.74) is 5.92.